The zero-order valence-electron chi connectivity index (χ0n) is 8.50. The number of halogens is 1. The first-order chi connectivity index (χ1) is 6.57. The number of aliphatic hydroxyl groups excluding tert-OH is 1. The lowest BCUT2D eigenvalue weighted by Crippen LogP contribution is -2.19. The van der Waals surface area contributed by atoms with Crippen LogP contribution in [0.5, 0.6) is 0 Å². The minimum absolute atomic E-state index is 0.133. The molecule has 1 aromatic carbocycles. The van der Waals surface area contributed by atoms with Crippen molar-refractivity contribution in [3.63, 3.8) is 0 Å². The zero-order valence-corrected chi connectivity index (χ0v) is 8.50. The highest BCUT2D eigenvalue weighted by atomic mass is 19.1. The zero-order chi connectivity index (χ0) is 10.7. The highest BCUT2D eigenvalue weighted by molar-refractivity contribution is 5.26. The van der Waals surface area contributed by atoms with Crippen LogP contribution in [0.15, 0.2) is 18.2 Å². The maximum atomic E-state index is 13.5. The second-order valence-electron chi connectivity index (χ2n) is 3.64. The van der Waals surface area contributed by atoms with Crippen LogP contribution < -0.4 is 5.73 Å². The summed E-state index contributed by atoms with van der Waals surface area (Å²) >= 11 is 0. The van der Waals surface area contributed by atoms with Gasteiger partial charge in [-0.25, -0.2) is 4.39 Å². The fourth-order valence-electron chi connectivity index (χ4n) is 1.33. The molecule has 1 rings (SSSR count). The SMILES string of the molecule is Cc1cccc(C(O)C(C)CN)c1F. The quantitative estimate of drug-likeness (QED) is 0.775. The van der Waals surface area contributed by atoms with Crippen LogP contribution in [0.3, 0.4) is 0 Å². The van der Waals surface area contributed by atoms with Crippen molar-refractivity contribution in [1.29, 1.82) is 0 Å². The highest BCUT2D eigenvalue weighted by Gasteiger charge is 2.19. The fourth-order valence-corrected chi connectivity index (χ4v) is 1.33. The molecule has 78 valence electrons. The van der Waals surface area contributed by atoms with Gasteiger partial charge in [-0.3, -0.25) is 0 Å². The Morgan fingerprint density at radius 3 is 2.71 bits per heavy atom. The van der Waals surface area contributed by atoms with Crippen LogP contribution in [0.1, 0.15) is 24.2 Å². The minimum atomic E-state index is -0.820. The molecule has 14 heavy (non-hydrogen) atoms. The first-order valence-corrected chi connectivity index (χ1v) is 4.71. The summed E-state index contributed by atoms with van der Waals surface area (Å²) in [5, 5.41) is 9.77. The maximum Gasteiger partial charge on any atom is 0.131 e. The molecule has 3 heteroatoms. The van der Waals surface area contributed by atoms with E-state index in [1.807, 2.05) is 0 Å². The van der Waals surface area contributed by atoms with E-state index in [4.69, 9.17) is 5.73 Å². The molecule has 0 radical (unpaired) electrons. The number of hydrogen-bond acceptors (Lipinski definition) is 2. The molecule has 0 amide bonds. The third-order valence-electron chi connectivity index (χ3n) is 2.45. The molecule has 3 N–H and O–H groups in total. The van der Waals surface area contributed by atoms with Crippen molar-refractivity contribution < 1.29 is 9.50 Å². The molecule has 2 unspecified atom stereocenters. The van der Waals surface area contributed by atoms with Gasteiger partial charge in [0.1, 0.15) is 5.82 Å². The summed E-state index contributed by atoms with van der Waals surface area (Å²) in [5.74, 6) is -0.466. The van der Waals surface area contributed by atoms with Crippen LogP contribution in [-0.2, 0) is 0 Å². The summed E-state index contributed by atoms with van der Waals surface area (Å²) in [6, 6.07) is 5.01. The van der Waals surface area contributed by atoms with E-state index in [0.717, 1.165) is 0 Å². The van der Waals surface area contributed by atoms with Gasteiger partial charge in [-0.1, -0.05) is 25.1 Å². The van der Waals surface area contributed by atoms with Gasteiger partial charge in [-0.05, 0) is 24.9 Å². The molecular formula is C11H16FNO. The van der Waals surface area contributed by atoms with Crippen LogP contribution in [0.2, 0.25) is 0 Å². The number of aryl methyl sites for hydroxylation is 1. The normalized spacial score (nSPS) is 15.2. The first kappa shape index (κ1) is 11.1. The summed E-state index contributed by atoms with van der Waals surface area (Å²) in [6.45, 7) is 3.82. The minimum Gasteiger partial charge on any atom is -0.388 e. The Balaban J connectivity index is 3.01. The van der Waals surface area contributed by atoms with Crippen molar-refractivity contribution in [3.8, 4) is 0 Å². The van der Waals surface area contributed by atoms with Crippen LogP contribution in [0.25, 0.3) is 0 Å². The molecular weight excluding hydrogens is 181 g/mol. The van der Waals surface area contributed by atoms with Crippen LogP contribution in [0.4, 0.5) is 4.39 Å². The van der Waals surface area contributed by atoms with Gasteiger partial charge in [-0.15, -0.1) is 0 Å². The van der Waals surface area contributed by atoms with Crippen LogP contribution in [-0.4, -0.2) is 11.7 Å². The van der Waals surface area contributed by atoms with Crippen molar-refractivity contribution in [2.75, 3.05) is 6.54 Å². The largest absolute Gasteiger partial charge is 0.388 e. The Labute approximate surface area is 83.6 Å². The van der Waals surface area contributed by atoms with Gasteiger partial charge in [0.05, 0.1) is 6.10 Å². The standard InChI is InChI=1S/C11H16FNO/c1-7-4-3-5-9(10(7)12)11(14)8(2)6-13/h3-5,8,11,14H,6,13H2,1-2H3. The maximum absolute atomic E-state index is 13.5. The molecule has 0 bridgehead atoms. The molecule has 0 aliphatic heterocycles. The first-order valence-electron chi connectivity index (χ1n) is 4.71. The lowest BCUT2D eigenvalue weighted by atomic mass is 9.96. The molecule has 0 saturated heterocycles. The molecule has 0 fully saturated rings. The van der Waals surface area contributed by atoms with Gasteiger partial charge in [0.25, 0.3) is 0 Å². The Hall–Kier alpha value is -0.930. The highest BCUT2D eigenvalue weighted by Crippen LogP contribution is 2.24. The van der Waals surface area contributed by atoms with Crippen molar-refractivity contribution >= 4 is 0 Å². The van der Waals surface area contributed by atoms with Gasteiger partial charge in [0.15, 0.2) is 0 Å². The molecule has 0 saturated carbocycles. The third-order valence-corrected chi connectivity index (χ3v) is 2.45. The molecule has 1 aromatic rings. The van der Waals surface area contributed by atoms with E-state index >= 15 is 0 Å². The number of hydrogen-bond donors (Lipinski definition) is 2. The molecule has 0 spiro atoms. The molecule has 0 aliphatic carbocycles. The van der Waals surface area contributed by atoms with Crippen LogP contribution in [0, 0.1) is 18.7 Å². The monoisotopic (exact) mass is 197 g/mol. The van der Waals surface area contributed by atoms with Crippen molar-refractivity contribution in [2.45, 2.75) is 20.0 Å². The van der Waals surface area contributed by atoms with Crippen LogP contribution >= 0.6 is 0 Å². The van der Waals surface area contributed by atoms with Gasteiger partial charge in [0, 0.05) is 5.56 Å². The van der Waals surface area contributed by atoms with Gasteiger partial charge >= 0.3 is 0 Å². The smallest absolute Gasteiger partial charge is 0.131 e. The third kappa shape index (κ3) is 2.11. The lowest BCUT2D eigenvalue weighted by molar-refractivity contribution is 0.117. The number of rotatable bonds is 3. The van der Waals surface area contributed by atoms with E-state index in [0.29, 0.717) is 17.7 Å². The molecule has 0 aromatic heterocycles. The van der Waals surface area contributed by atoms with E-state index in [2.05, 4.69) is 0 Å². The fraction of sp³-hybridized carbons (Fsp3) is 0.455. The van der Waals surface area contributed by atoms with E-state index in [-0.39, 0.29) is 11.7 Å². The van der Waals surface area contributed by atoms with Crippen molar-refractivity contribution in [2.24, 2.45) is 11.7 Å². The van der Waals surface area contributed by atoms with E-state index in [1.54, 1.807) is 32.0 Å². The molecule has 2 atom stereocenters. The number of benzene rings is 1. The van der Waals surface area contributed by atoms with E-state index in [1.165, 1.54) is 0 Å². The van der Waals surface area contributed by atoms with Crippen molar-refractivity contribution in [1.82, 2.24) is 0 Å². The summed E-state index contributed by atoms with van der Waals surface area (Å²) < 4.78 is 13.5. The molecule has 0 aliphatic rings. The lowest BCUT2D eigenvalue weighted by Gasteiger charge is -2.18. The summed E-state index contributed by atoms with van der Waals surface area (Å²) in [4.78, 5) is 0. The average molecular weight is 197 g/mol. The predicted molar refractivity (Wildman–Crippen MR) is 54.3 cm³/mol. The average Bonchev–Trinajstić information content (AvgIpc) is 2.20. The van der Waals surface area contributed by atoms with Crippen molar-refractivity contribution in [3.05, 3.63) is 35.1 Å². The summed E-state index contributed by atoms with van der Waals surface area (Å²) in [5.41, 5.74) is 6.30. The molecule has 0 heterocycles. The Kier molecular flexibility index (Phi) is 3.61. The second-order valence-corrected chi connectivity index (χ2v) is 3.64. The van der Waals surface area contributed by atoms with E-state index < -0.39 is 6.10 Å². The summed E-state index contributed by atoms with van der Waals surface area (Å²) in [6.07, 6.45) is -0.820. The molecule has 2 nitrogen and oxygen atoms in total. The Morgan fingerprint density at radius 1 is 1.50 bits per heavy atom. The predicted octanol–water partition coefficient (Wildman–Crippen LogP) is 1.76. The van der Waals surface area contributed by atoms with Gasteiger partial charge in [0.2, 0.25) is 0 Å². The van der Waals surface area contributed by atoms with E-state index in [9.17, 15) is 9.50 Å². The topological polar surface area (TPSA) is 46.2 Å². The Bertz CT molecular complexity index is 314. The second kappa shape index (κ2) is 4.53. The Morgan fingerprint density at radius 2 is 2.14 bits per heavy atom. The summed E-state index contributed by atoms with van der Waals surface area (Å²) in [7, 11) is 0. The van der Waals surface area contributed by atoms with Gasteiger partial charge in [-0.2, -0.15) is 0 Å². The number of nitrogens with two attached hydrogens (primary N) is 1. The van der Waals surface area contributed by atoms with Gasteiger partial charge < -0.3 is 10.8 Å². The number of aliphatic hydroxyl groups is 1.